The average molecular weight is 444 g/mol. The maximum atomic E-state index is 13.1. The molecule has 4 heterocycles. The maximum Gasteiger partial charge on any atom is 0.169 e. The molecule has 8 nitrogen and oxygen atoms in total. The second-order valence-corrected chi connectivity index (χ2v) is 8.92. The number of ketones is 1. The van der Waals surface area contributed by atoms with Crippen molar-refractivity contribution in [3.05, 3.63) is 64.0 Å². The SMILES string of the molecule is CN1CCN(c2cc(C(=O)Cc3cc4c(cn3)=CCC(c3cnn(C)c3N)C=4)ccn2)CC1. The molecule has 2 N–H and O–H groups in total. The van der Waals surface area contributed by atoms with Gasteiger partial charge in [-0.15, -0.1) is 0 Å². The van der Waals surface area contributed by atoms with Crippen molar-refractivity contribution in [1.82, 2.24) is 24.6 Å². The fourth-order valence-corrected chi connectivity index (χ4v) is 4.51. The fourth-order valence-electron chi connectivity index (χ4n) is 4.51. The first-order valence-corrected chi connectivity index (χ1v) is 11.3. The van der Waals surface area contributed by atoms with Gasteiger partial charge in [0.15, 0.2) is 5.78 Å². The van der Waals surface area contributed by atoms with E-state index < -0.39 is 0 Å². The molecule has 33 heavy (non-hydrogen) atoms. The predicted octanol–water partition coefficient (Wildman–Crippen LogP) is 0.718. The zero-order chi connectivity index (χ0) is 22.9. The monoisotopic (exact) mass is 443 g/mol. The van der Waals surface area contributed by atoms with Crippen molar-refractivity contribution in [1.29, 1.82) is 0 Å². The molecule has 170 valence electrons. The van der Waals surface area contributed by atoms with Crippen LogP contribution in [0.2, 0.25) is 0 Å². The number of likely N-dealkylation sites (N-methyl/N-ethyl adjacent to an activating group) is 1. The van der Waals surface area contributed by atoms with E-state index >= 15 is 0 Å². The van der Waals surface area contributed by atoms with Crippen LogP contribution in [0.4, 0.5) is 11.6 Å². The first-order valence-electron chi connectivity index (χ1n) is 11.3. The molecule has 0 spiro atoms. The number of pyridine rings is 2. The summed E-state index contributed by atoms with van der Waals surface area (Å²) in [5.74, 6) is 1.77. The van der Waals surface area contributed by atoms with Gasteiger partial charge in [0.05, 0.1) is 12.6 Å². The van der Waals surface area contributed by atoms with Gasteiger partial charge >= 0.3 is 0 Å². The topological polar surface area (TPSA) is 93.2 Å². The third kappa shape index (κ3) is 4.39. The minimum absolute atomic E-state index is 0.0491. The highest BCUT2D eigenvalue weighted by Crippen LogP contribution is 2.27. The Morgan fingerprint density at radius 2 is 1.91 bits per heavy atom. The number of rotatable bonds is 5. The third-order valence-electron chi connectivity index (χ3n) is 6.65. The summed E-state index contributed by atoms with van der Waals surface area (Å²) in [6.45, 7) is 3.83. The van der Waals surface area contributed by atoms with Crippen molar-refractivity contribution < 1.29 is 4.79 Å². The van der Waals surface area contributed by atoms with Crippen molar-refractivity contribution in [3.8, 4) is 0 Å². The van der Waals surface area contributed by atoms with Crippen molar-refractivity contribution in [2.45, 2.75) is 18.8 Å². The molecule has 1 unspecified atom stereocenters. The summed E-state index contributed by atoms with van der Waals surface area (Å²) in [4.78, 5) is 26.6. The molecule has 1 atom stereocenters. The lowest BCUT2D eigenvalue weighted by atomic mass is 9.92. The number of piperazine rings is 1. The van der Waals surface area contributed by atoms with E-state index in [1.807, 2.05) is 31.6 Å². The van der Waals surface area contributed by atoms with Crippen molar-refractivity contribution >= 4 is 29.6 Å². The lowest BCUT2D eigenvalue weighted by molar-refractivity contribution is 0.0992. The Labute approximate surface area is 193 Å². The first kappa shape index (κ1) is 21.3. The second kappa shape index (κ2) is 8.78. The Kier molecular flexibility index (Phi) is 5.68. The summed E-state index contributed by atoms with van der Waals surface area (Å²) in [6.07, 6.45) is 10.9. The zero-order valence-electron chi connectivity index (χ0n) is 19.1. The number of aromatic nitrogens is 4. The first-order chi connectivity index (χ1) is 16.0. The number of nitrogen functional groups attached to an aromatic ring is 1. The number of hydrogen-bond acceptors (Lipinski definition) is 7. The van der Waals surface area contributed by atoms with Gasteiger partial charge in [0.25, 0.3) is 0 Å². The Bertz CT molecular complexity index is 1300. The molecule has 0 radical (unpaired) electrons. The minimum Gasteiger partial charge on any atom is -0.384 e. The number of nitrogens with zero attached hydrogens (tertiary/aromatic N) is 6. The molecule has 3 aromatic rings. The number of hydrogen-bond donors (Lipinski definition) is 1. The Balaban J connectivity index is 1.35. The van der Waals surface area contributed by atoms with Crippen LogP contribution in [0, 0.1) is 0 Å². The molecule has 8 heteroatoms. The number of anilines is 2. The number of Topliss-reactive ketones (excluding diaryl/α,β-unsaturated/α-hetero) is 1. The summed E-state index contributed by atoms with van der Waals surface area (Å²) in [5.41, 5.74) is 8.66. The lowest BCUT2D eigenvalue weighted by Gasteiger charge is -2.33. The van der Waals surface area contributed by atoms with Gasteiger partial charge in [-0.25, -0.2) is 4.98 Å². The standard InChI is InChI=1S/C25H29N7O/c1-30-7-9-32(10-8-30)24-13-18(5-6-27-24)23(33)14-21-12-20-11-17(3-4-19(20)15-28-21)22-16-29-31(2)25(22)26/h4-6,11-13,15-17H,3,7-10,14,26H2,1-2H3. The van der Waals surface area contributed by atoms with E-state index in [2.05, 4.69) is 44.1 Å². The van der Waals surface area contributed by atoms with E-state index in [0.717, 1.165) is 60.1 Å². The van der Waals surface area contributed by atoms with Gasteiger partial charge in [-0.3, -0.25) is 14.5 Å². The Morgan fingerprint density at radius 3 is 2.67 bits per heavy atom. The molecule has 0 bridgehead atoms. The maximum absolute atomic E-state index is 13.1. The summed E-state index contributed by atoms with van der Waals surface area (Å²) in [7, 11) is 3.97. The zero-order valence-corrected chi connectivity index (χ0v) is 19.1. The van der Waals surface area contributed by atoms with Crippen molar-refractivity contribution in [2.75, 3.05) is 43.9 Å². The number of nitrogens with two attached hydrogens (primary N) is 1. The summed E-state index contributed by atoms with van der Waals surface area (Å²) in [5, 5.41) is 6.44. The van der Waals surface area contributed by atoms with Crippen LogP contribution in [0.25, 0.3) is 12.2 Å². The van der Waals surface area contributed by atoms with Gasteiger partial charge in [-0.05, 0) is 42.1 Å². The molecule has 0 aromatic carbocycles. The van der Waals surface area contributed by atoms with E-state index in [0.29, 0.717) is 11.4 Å². The fraction of sp³-hybridized carbons (Fsp3) is 0.360. The van der Waals surface area contributed by atoms with Crippen molar-refractivity contribution in [2.24, 2.45) is 7.05 Å². The number of fused-ring (bicyclic) bond motifs is 1. The van der Waals surface area contributed by atoms with Crippen LogP contribution in [0.5, 0.6) is 0 Å². The molecule has 1 fully saturated rings. The van der Waals surface area contributed by atoms with Crippen LogP contribution in [0.3, 0.4) is 0 Å². The quantitative estimate of drug-likeness (QED) is 0.581. The van der Waals surface area contributed by atoms with Crippen LogP contribution in [0.1, 0.15) is 34.0 Å². The summed E-state index contributed by atoms with van der Waals surface area (Å²) >= 11 is 0. The van der Waals surface area contributed by atoms with E-state index in [1.165, 1.54) is 0 Å². The highest BCUT2D eigenvalue weighted by Gasteiger charge is 2.19. The van der Waals surface area contributed by atoms with Crippen LogP contribution in [-0.2, 0) is 13.5 Å². The van der Waals surface area contributed by atoms with E-state index in [9.17, 15) is 4.79 Å². The van der Waals surface area contributed by atoms with Crippen molar-refractivity contribution in [3.63, 3.8) is 0 Å². The molecular weight excluding hydrogens is 414 g/mol. The third-order valence-corrected chi connectivity index (χ3v) is 6.65. The molecule has 2 aliphatic rings. The highest BCUT2D eigenvalue weighted by atomic mass is 16.1. The number of aryl methyl sites for hydroxylation is 1. The van der Waals surface area contributed by atoms with Gasteiger partial charge in [0.2, 0.25) is 0 Å². The van der Waals surface area contributed by atoms with Gasteiger partial charge < -0.3 is 15.5 Å². The molecule has 5 rings (SSSR count). The van der Waals surface area contributed by atoms with Crippen LogP contribution in [-0.4, -0.2) is 63.7 Å². The predicted molar refractivity (Wildman–Crippen MR) is 129 cm³/mol. The van der Waals surface area contributed by atoms with E-state index in [-0.39, 0.29) is 18.1 Å². The van der Waals surface area contributed by atoms with E-state index in [1.54, 1.807) is 16.9 Å². The molecule has 0 amide bonds. The Morgan fingerprint density at radius 1 is 1.09 bits per heavy atom. The van der Waals surface area contributed by atoms with Gasteiger partial charge in [0, 0.05) is 68.4 Å². The Hall–Kier alpha value is -3.52. The molecule has 3 aromatic heterocycles. The molecular formula is C25H29N7O. The average Bonchev–Trinajstić information content (AvgIpc) is 3.17. The number of carbonyl (C=O) groups is 1. The molecule has 0 saturated carbocycles. The highest BCUT2D eigenvalue weighted by molar-refractivity contribution is 5.97. The second-order valence-electron chi connectivity index (χ2n) is 8.92. The summed E-state index contributed by atoms with van der Waals surface area (Å²) < 4.78 is 1.69. The van der Waals surface area contributed by atoms with Crippen LogP contribution in [0.15, 0.2) is 36.8 Å². The molecule has 1 saturated heterocycles. The largest absolute Gasteiger partial charge is 0.384 e. The van der Waals surface area contributed by atoms with Gasteiger partial charge in [0.1, 0.15) is 11.6 Å². The normalized spacial score (nSPS) is 18.4. The molecule has 1 aliphatic heterocycles. The van der Waals surface area contributed by atoms with Gasteiger partial charge in [-0.2, -0.15) is 5.10 Å². The van der Waals surface area contributed by atoms with Crippen LogP contribution < -0.4 is 21.1 Å². The number of carbonyl (C=O) groups excluding carboxylic acids is 1. The van der Waals surface area contributed by atoms with E-state index in [4.69, 9.17) is 5.73 Å². The summed E-state index contributed by atoms with van der Waals surface area (Å²) in [6, 6.07) is 5.72. The van der Waals surface area contributed by atoms with Gasteiger partial charge in [-0.1, -0.05) is 12.2 Å². The molecule has 1 aliphatic carbocycles. The lowest BCUT2D eigenvalue weighted by Crippen LogP contribution is -2.44. The smallest absolute Gasteiger partial charge is 0.169 e. The minimum atomic E-state index is 0.0491. The van der Waals surface area contributed by atoms with Crippen LogP contribution >= 0.6 is 0 Å².